The Bertz CT molecular complexity index is 814. The number of oxime groups is 1. The molecule has 3 unspecified atom stereocenters. The second-order valence-electron chi connectivity index (χ2n) is 7.50. The molecule has 0 radical (unpaired) electrons. The van der Waals surface area contributed by atoms with E-state index < -0.39 is 5.44 Å². The molecular weight excluding hydrogens is 462 g/mol. The predicted molar refractivity (Wildman–Crippen MR) is 130 cm³/mol. The Morgan fingerprint density at radius 2 is 2.03 bits per heavy atom. The molecule has 2 aliphatic heterocycles. The number of aliphatic hydroxyl groups excluding tert-OH is 1. The van der Waals surface area contributed by atoms with Crippen LogP contribution in [0.15, 0.2) is 37.0 Å². The number of ether oxygens (including phenoxy) is 2. The van der Waals surface area contributed by atoms with Crippen LogP contribution in [0.4, 0.5) is 0 Å². The number of thiol groups is 4. The van der Waals surface area contributed by atoms with Gasteiger partial charge in [0.2, 0.25) is 0 Å². The summed E-state index contributed by atoms with van der Waals surface area (Å²) in [4.78, 5) is 19.5. The monoisotopic (exact) mass is 489 g/mol. The summed E-state index contributed by atoms with van der Waals surface area (Å²) in [5.74, 6) is -0.484. The standard InChI is InChI=1S/C20H27NO5S4/c1-2-4-12(21-25-9-11-5-3-6-24-11)16-13(22)7-10(8-14(16)23)15-17(27)18(28)20(30)26-19(15)29/h10-11,19,22,27-30H,2-9H2,1H3. The van der Waals surface area contributed by atoms with Gasteiger partial charge < -0.3 is 19.4 Å². The van der Waals surface area contributed by atoms with Gasteiger partial charge >= 0.3 is 0 Å². The first kappa shape index (κ1) is 24.0. The van der Waals surface area contributed by atoms with Gasteiger partial charge in [0.05, 0.1) is 22.3 Å². The van der Waals surface area contributed by atoms with Crippen molar-refractivity contribution in [2.24, 2.45) is 11.1 Å². The fourth-order valence-corrected chi connectivity index (χ4v) is 5.36. The van der Waals surface area contributed by atoms with Crippen LogP contribution in [0.1, 0.15) is 45.4 Å². The Labute approximate surface area is 198 Å². The van der Waals surface area contributed by atoms with E-state index in [-0.39, 0.29) is 42.0 Å². The van der Waals surface area contributed by atoms with Crippen molar-refractivity contribution in [3.63, 3.8) is 0 Å². The largest absolute Gasteiger partial charge is 0.511 e. The van der Waals surface area contributed by atoms with Crippen LogP contribution in [0, 0.1) is 5.92 Å². The molecule has 0 aromatic rings. The first-order valence-corrected chi connectivity index (χ1v) is 11.9. The van der Waals surface area contributed by atoms with E-state index in [1.165, 1.54) is 0 Å². The molecule has 1 N–H and O–H groups in total. The minimum Gasteiger partial charge on any atom is -0.511 e. The molecule has 0 amide bonds. The molecule has 10 heteroatoms. The zero-order valence-electron chi connectivity index (χ0n) is 16.7. The van der Waals surface area contributed by atoms with E-state index >= 15 is 0 Å². The summed E-state index contributed by atoms with van der Waals surface area (Å²) in [7, 11) is 0. The molecule has 3 atom stereocenters. The number of nitrogens with zero attached hydrogens (tertiary/aromatic N) is 1. The lowest BCUT2D eigenvalue weighted by molar-refractivity contribution is -0.116. The molecule has 1 fully saturated rings. The van der Waals surface area contributed by atoms with E-state index in [9.17, 15) is 9.90 Å². The number of aliphatic hydroxyl groups is 1. The number of Topliss-reactive ketones (excluding diaryl/α,β-unsaturated/α-hetero) is 1. The van der Waals surface area contributed by atoms with Crippen molar-refractivity contribution in [2.45, 2.75) is 57.0 Å². The first-order chi connectivity index (χ1) is 14.3. The highest BCUT2D eigenvalue weighted by atomic mass is 32.1. The zero-order valence-corrected chi connectivity index (χ0v) is 20.3. The number of hydrogen-bond acceptors (Lipinski definition) is 10. The number of hydrogen-bond donors (Lipinski definition) is 5. The molecule has 0 aromatic heterocycles. The van der Waals surface area contributed by atoms with Gasteiger partial charge in [0.15, 0.2) is 16.3 Å². The Kier molecular flexibility index (Phi) is 8.60. The van der Waals surface area contributed by atoms with E-state index in [0.29, 0.717) is 39.2 Å². The minimum atomic E-state index is -0.605. The van der Waals surface area contributed by atoms with Crippen LogP contribution in [0.3, 0.4) is 0 Å². The molecule has 0 saturated carbocycles. The first-order valence-electron chi connectivity index (χ1n) is 9.99. The maximum atomic E-state index is 13.0. The molecular formula is C20H27NO5S4. The average molecular weight is 490 g/mol. The molecule has 166 valence electrons. The summed E-state index contributed by atoms with van der Waals surface area (Å²) in [6, 6.07) is 0. The molecule has 3 aliphatic rings. The van der Waals surface area contributed by atoms with Crippen LogP contribution < -0.4 is 0 Å². The fourth-order valence-electron chi connectivity index (χ4n) is 3.84. The van der Waals surface area contributed by atoms with Crippen LogP contribution >= 0.6 is 50.5 Å². The van der Waals surface area contributed by atoms with Gasteiger partial charge in [-0.3, -0.25) is 4.79 Å². The van der Waals surface area contributed by atoms with Gasteiger partial charge in [-0.2, -0.15) is 0 Å². The van der Waals surface area contributed by atoms with E-state index in [0.717, 1.165) is 25.9 Å². The fraction of sp³-hybridized carbons (Fsp3) is 0.600. The van der Waals surface area contributed by atoms with Crippen molar-refractivity contribution in [3.8, 4) is 0 Å². The highest BCUT2D eigenvalue weighted by Crippen LogP contribution is 2.44. The molecule has 1 saturated heterocycles. The Balaban J connectivity index is 1.81. The lowest BCUT2D eigenvalue weighted by Gasteiger charge is -2.32. The maximum absolute atomic E-state index is 13.0. The van der Waals surface area contributed by atoms with Crippen molar-refractivity contribution >= 4 is 62.0 Å². The van der Waals surface area contributed by atoms with Crippen LogP contribution in [-0.4, -0.2) is 41.4 Å². The molecule has 0 aromatic carbocycles. The zero-order chi connectivity index (χ0) is 21.8. The molecule has 30 heavy (non-hydrogen) atoms. The second kappa shape index (κ2) is 10.8. The van der Waals surface area contributed by atoms with E-state index in [2.05, 4.69) is 55.7 Å². The lowest BCUT2D eigenvalue weighted by Crippen LogP contribution is -2.30. The van der Waals surface area contributed by atoms with Gasteiger partial charge in [-0.15, -0.1) is 50.5 Å². The molecule has 6 nitrogen and oxygen atoms in total. The highest BCUT2D eigenvalue weighted by molar-refractivity contribution is 7.92. The molecule has 1 aliphatic carbocycles. The van der Waals surface area contributed by atoms with Crippen LogP contribution in [0.2, 0.25) is 0 Å². The summed E-state index contributed by atoms with van der Waals surface area (Å²) < 4.78 is 11.1. The second-order valence-corrected chi connectivity index (χ2v) is 9.27. The molecule has 0 bridgehead atoms. The summed E-state index contributed by atoms with van der Waals surface area (Å²) in [5, 5.41) is 15.3. The number of allylic oxidation sites excluding steroid dienone is 2. The lowest BCUT2D eigenvalue weighted by atomic mass is 9.80. The van der Waals surface area contributed by atoms with Gasteiger partial charge in [0, 0.05) is 24.4 Å². The predicted octanol–water partition coefficient (Wildman–Crippen LogP) is 4.63. The molecule has 2 heterocycles. The Morgan fingerprint density at radius 1 is 1.27 bits per heavy atom. The Morgan fingerprint density at radius 3 is 2.67 bits per heavy atom. The summed E-state index contributed by atoms with van der Waals surface area (Å²) in [6.45, 7) is 3.07. The third-order valence-corrected chi connectivity index (χ3v) is 7.28. The van der Waals surface area contributed by atoms with Crippen molar-refractivity contribution < 1.29 is 24.2 Å². The van der Waals surface area contributed by atoms with E-state index in [1.807, 2.05) is 6.92 Å². The molecule has 3 rings (SSSR count). The smallest absolute Gasteiger partial charge is 0.168 e. The molecule has 0 spiro atoms. The number of carbonyl (C=O) groups excluding carboxylic acids is 1. The third-order valence-electron chi connectivity index (χ3n) is 5.30. The topological polar surface area (TPSA) is 77.3 Å². The van der Waals surface area contributed by atoms with Gasteiger partial charge in [-0.05, 0) is 30.8 Å². The average Bonchev–Trinajstić information content (AvgIpc) is 3.19. The highest BCUT2D eigenvalue weighted by Gasteiger charge is 2.37. The third kappa shape index (κ3) is 5.38. The van der Waals surface area contributed by atoms with Crippen LogP contribution in [0.25, 0.3) is 0 Å². The van der Waals surface area contributed by atoms with Crippen molar-refractivity contribution in [2.75, 3.05) is 13.2 Å². The number of carbonyl (C=O) groups is 1. The van der Waals surface area contributed by atoms with E-state index in [1.54, 1.807) is 0 Å². The van der Waals surface area contributed by atoms with Crippen molar-refractivity contribution in [1.29, 1.82) is 0 Å². The maximum Gasteiger partial charge on any atom is 0.168 e. The summed E-state index contributed by atoms with van der Waals surface area (Å²) >= 11 is 17.6. The summed E-state index contributed by atoms with van der Waals surface area (Å²) in [6.07, 6.45) is 3.75. The number of rotatable bonds is 7. The Hall–Kier alpha value is -0.680. The number of ketones is 1. The normalized spacial score (nSPS) is 28.4. The van der Waals surface area contributed by atoms with Crippen molar-refractivity contribution in [3.05, 3.63) is 31.8 Å². The summed E-state index contributed by atoms with van der Waals surface area (Å²) in [5.41, 5.74) is 0.843. The van der Waals surface area contributed by atoms with Gasteiger partial charge in [-0.25, -0.2) is 0 Å². The van der Waals surface area contributed by atoms with Crippen LogP contribution in [0.5, 0.6) is 0 Å². The van der Waals surface area contributed by atoms with Crippen molar-refractivity contribution in [1.82, 2.24) is 0 Å². The quantitative estimate of drug-likeness (QED) is 0.205. The van der Waals surface area contributed by atoms with Gasteiger partial charge in [0.25, 0.3) is 0 Å². The SMILES string of the molecule is CCCC(=NOCC1CCCO1)C1=C(O)CC(C2=C(S)C(S)=C(S)OC2S)CC1=O. The minimum absolute atomic E-state index is 0.000280. The van der Waals surface area contributed by atoms with Gasteiger partial charge in [-0.1, -0.05) is 18.5 Å². The van der Waals surface area contributed by atoms with E-state index in [4.69, 9.17) is 14.3 Å². The van der Waals surface area contributed by atoms with Gasteiger partial charge in [0.1, 0.15) is 12.4 Å². The van der Waals surface area contributed by atoms with Crippen LogP contribution in [-0.2, 0) is 19.1 Å².